The molecule has 78 valence electrons. The van der Waals surface area contributed by atoms with E-state index < -0.39 is 0 Å². The Kier molecular flexibility index (Phi) is 4.17. The molecule has 2 nitrogen and oxygen atoms in total. The van der Waals surface area contributed by atoms with Crippen molar-refractivity contribution in [3.8, 4) is 0 Å². The molecule has 1 aromatic carbocycles. The van der Waals surface area contributed by atoms with E-state index >= 15 is 0 Å². The first-order chi connectivity index (χ1) is 6.65. The number of anilines is 1. The zero-order chi connectivity index (χ0) is 10.6. The van der Waals surface area contributed by atoms with Gasteiger partial charge in [0.1, 0.15) is 5.82 Å². The number of hydrogen-bond donors (Lipinski definition) is 1. The van der Waals surface area contributed by atoms with Gasteiger partial charge in [-0.2, -0.15) is 0 Å². The molecule has 0 aromatic heterocycles. The van der Waals surface area contributed by atoms with E-state index in [-0.39, 0.29) is 11.9 Å². The second-order valence-electron chi connectivity index (χ2n) is 3.02. The fraction of sp³-hybridized carbons (Fsp3) is 0.400. The maximum absolute atomic E-state index is 13.2. The Labute approximate surface area is 88.0 Å². The van der Waals surface area contributed by atoms with E-state index in [1.54, 1.807) is 19.2 Å². The molecule has 0 radical (unpaired) electrons. The molecular formula is C10H13ClFNO. The summed E-state index contributed by atoms with van der Waals surface area (Å²) in [6.45, 7) is 2.42. The van der Waals surface area contributed by atoms with Crippen molar-refractivity contribution in [3.05, 3.63) is 29.0 Å². The monoisotopic (exact) mass is 217 g/mol. The molecule has 0 saturated heterocycles. The Morgan fingerprint density at radius 2 is 2.29 bits per heavy atom. The van der Waals surface area contributed by atoms with Gasteiger partial charge in [-0.05, 0) is 19.1 Å². The summed E-state index contributed by atoms with van der Waals surface area (Å²) in [7, 11) is 1.61. The second-order valence-corrected chi connectivity index (χ2v) is 3.43. The molecule has 0 fully saturated rings. The van der Waals surface area contributed by atoms with Crippen molar-refractivity contribution in [2.75, 3.05) is 19.0 Å². The molecule has 0 amide bonds. The van der Waals surface area contributed by atoms with Gasteiger partial charge in [-0.15, -0.1) is 0 Å². The van der Waals surface area contributed by atoms with Crippen molar-refractivity contribution in [3.63, 3.8) is 0 Å². The van der Waals surface area contributed by atoms with Gasteiger partial charge >= 0.3 is 0 Å². The number of para-hydroxylation sites is 1. The van der Waals surface area contributed by atoms with Crippen molar-refractivity contribution in [1.82, 2.24) is 0 Å². The highest BCUT2D eigenvalue weighted by Crippen LogP contribution is 2.24. The molecule has 0 bridgehead atoms. The molecule has 14 heavy (non-hydrogen) atoms. The standard InChI is InChI=1S/C10H13ClFNO/c1-7(14-2)6-13-10-8(11)4-3-5-9(10)12/h3-5,7,13H,6H2,1-2H3. The molecule has 0 spiro atoms. The Morgan fingerprint density at radius 1 is 1.57 bits per heavy atom. The van der Waals surface area contributed by atoms with Crippen molar-refractivity contribution in [2.24, 2.45) is 0 Å². The lowest BCUT2D eigenvalue weighted by Gasteiger charge is -2.13. The van der Waals surface area contributed by atoms with E-state index in [4.69, 9.17) is 16.3 Å². The lowest BCUT2D eigenvalue weighted by molar-refractivity contribution is 0.128. The van der Waals surface area contributed by atoms with Crippen LogP contribution in [0.5, 0.6) is 0 Å². The molecular weight excluding hydrogens is 205 g/mol. The number of halogens is 2. The average Bonchev–Trinajstić information content (AvgIpc) is 2.16. The molecule has 1 unspecified atom stereocenters. The van der Waals surface area contributed by atoms with Crippen LogP contribution in [-0.4, -0.2) is 19.8 Å². The highest BCUT2D eigenvalue weighted by Gasteiger charge is 2.07. The fourth-order valence-electron chi connectivity index (χ4n) is 0.996. The van der Waals surface area contributed by atoms with Crippen molar-refractivity contribution >= 4 is 17.3 Å². The summed E-state index contributed by atoms with van der Waals surface area (Å²) in [4.78, 5) is 0. The van der Waals surface area contributed by atoms with E-state index in [0.29, 0.717) is 17.3 Å². The molecule has 1 rings (SSSR count). The number of rotatable bonds is 4. The van der Waals surface area contributed by atoms with Gasteiger partial charge in [0.15, 0.2) is 0 Å². The largest absolute Gasteiger partial charge is 0.380 e. The Hall–Kier alpha value is -0.800. The topological polar surface area (TPSA) is 21.3 Å². The summed E-state index contributed by atoms with van der Waals surface area (Å²) in [6, 6.07) is 4.58. The number of benzene rings is 1. The van der Waals surface area contributed by atoms with Crippen LogP contribution in [0.3, 0.4) is 0 Å². The molecule has 4 heteroatoms. The van der Waals surface area contributed by atoms with Crippen LogP contribution in [0, 0.1) is 5.82 Å². The minimum atomic E-state index is -0.346. The summed E-state index contributed by atoms with van der Waals surface area (Å²) in [6.07, 6.45) is 0.0191. The summed E-state index contributed by atoms with van der Waals surface area (Å²) in [5.41, 5.74) is 0.332. The molecule has 0 heterocycles. The van der Waals surface area contributed by atoms with E-state index in [1.807, 2.05) is 6.92 Å². The number of ether oxygens (including phenoxy) is 1. The van der Waals surface area contributed by atoms with Gasteiger partial charge in [0.2, 0.25) is 0 Å². The third-order valence-corrected chi connectivity index (χ3v) is 2.25. The minimum Gasteiger partial charge on any atom is -0.380 e. The maximum atomic E-state index is 13.2. The second kappa shape index (κ2) is 5.17. The zero-order valence-corrected chi connectivity index (χ0v) is 8.94. The smallest absolute Gasteiger partial charge is 0.147 e. The highest BCUT2D eigenvalue weighted by atomic mass is 35.5. The van der Waals surface area contributed by atoms with Gasteiger partial charge in [0.25, 0.3) is 0 Å². The Balaban J connectivity index is 2.66. The number of hydrogen-bond acceptors (Lipinski definition) is 2. The molecule has 1 atom stereocenters. The molecule has 1 aromatic rings. The molecule has 0 saturated carbocycles. The van der Waals surface area contributed by atoms with Gasteiger partial charge in [-0.3, -0.25) is 0 Å². The quantitative estimate of drug-likeness (QED) is 0.838. The molecule has 0 aliphatic heterocycles. The van der Waals surface area contributed by atoms with Crippen molar-refractivity contribution in [2.45, 2.75) is 13.0 Å². The number of methoxy groups -OCH3 is 1. The maximum Gasteiger partial charge on any atom is 0.147 e. The van der Waals surface area contributed by atoms with Crippen LogP contribution >= 0.6 is 11.6 Å². The normalized spacial score (nSPS) is 12.6. The number of nitrogens with one attached hydrogen (secondary N) is 1. The van der Waals surface area contributed by atoms with Crippen LogP contribution in [-0.2, 0) is 4.74 Å². The first-order valence-corrected chi connectivity index (χ1v) is 4.73. The van der Waals surface area contributed by atoms with E-state index in [0.717, 1.165) is 0 Å². The highest BCUT2D eigenvalue weighted by molar-refractivity contribution is 6.33. The molecule has 0 aliphatic rings. The van der Waals surface area contributed by atoms with Gasteiger partial charge in [0, 0.05) is 13.7 Å². The Morgan fingerprint density at radius 3 is 2.86 bits per heavy atom. The van der Waals surface area contributed by atoms with Crippen LogP contribution in [0.25, 0.3) is 0 Å². The third-order valence-electron chi connectivity index (χ3n) is 1.93. The fourth-order valence-corrected chi connectivity index (χ4v) is 1.23. The molecule has 0 aliphatic carbocycles. The van der Waals surface area contributed by atoms with Gasteiger partial charge in [-0.25, -0.2) is 4.39 Å². The summed E-state index contributed by atoms with van der Waals surface area (Å²) in [5.74, 6) is -0.346. The van der Waals surface area contributed by atoms with E-state index in [2.05, 4.69) is 5.32 Å². The lowest BCUT2D eigenvalue weighted by Crippen LogP contribution is -2.18. The van der Waals surface area contributed by atoms with Gasteiger partial charge in [-0.1, -0.05) is 17.7 Å². The van der Waals surface area contributed by atoms with Crippen LogP contribution in [0.15, 0.2) is 18.2 Å². The van der Waals surface area contributed by atoms with Gasteiger partial charge in [0.05, 0.1) is 16.8 Å². The Bertz CT molecular complexity index is 286. The van der Waals surface area contributed by atoms with Gasteiger partial charge < -0.3 is 10.1 Å². The minimum absolute atomic E-state index is 0.0191. The SMILES string of the molecule is COC(C)CNc1c(F)cccc1Cl. The van der Waals surface area contributed by atoms with Crippen LogP contribution in [0.4, 0.5) is 10.1 Å². The predicted molar refractivity (Wildman–Crippen MR) is 56.4 cm³/mol. The zero-order valence-electron chi connectivity index (χ0n) is 8.18. The summed E-state index contributed by atoms with van der Waals surface area (Å²) < 4.78 is 18.2. The lowest BCUT2D eigenvalue weighted by atomic mass is 10.3. The predicted octanol–water partition coefficient (Wildman–Crippen LogP) is 2.93. The van der Waals surface area contributed by atoms with E-state index in [1.165, 1.54) is 6.07 Å². The van der Waals surface area contributed by atoms with Crippen molar-refractivity contribution < 1.29 is 9.13 Å². The van der Waals surface area contributed by atoms with E-state index in [9.17, 15) is 4.39 Å². The molecule has 1 N–H and O–H groups in total. The van der Waals surface area contributed by atoms with Crippen LogP contribution in [0.1, 0.15) is 6.92 Å². The third kappa shape index (κ3) is 2.86. The summed E-state index contributed by atoms with van der Waals surface area (Å²) in [5, 5.41) is 3.28. The average molecular weight is 218 g/mol. The van der Waals surface area contributed by atoms with Crippen molar-refractivity contribution in [1.29, 1.82) is 0 Å². The van der Waals surface area contributed by atoms with Crippen LogP contribution < -0.4 is 5.32 Å². The first kappa shape index (κ1) is 11.3. The first-order valence-electron chi connectivity index (χ1n) is 4.36. The summed E-state index contributed by atoms with van der Waals surface area (Å²) >= 11 is 5.81. The van der Waals surface area contributed by atoms with Crippen LogP contribution in [0.2, 0.25) is 5.02 Å².